The van der Waals surface area contributed by atoms with Crippen molar-refractivity contribution in [3.05, 3.63) is 47.5 Å². The molecule has 1 aromatic rings. The van der Waals surface area contributed by atoms with Gasteiger partial charge in [0, 0.05) is 13.0 Å². The van der Waals surface area contributed by atoms with Crippen LogP contribution in [0.5, 0.6) is 0 Å². The van der Waals surface area contributed by atoms with Crippen LogP contribution in [0.25, 0.3) is 0 Å². The Morgan fingerprint density at radius 1 is 1.17 bits per heavy atom. The van der Waals surface area contributed by atoms with Crippen LogP contribution in [-0.2, 0) is 4.79 Å². The molecule has 0 unspecified atom stereocenters. The van der Waals surface area contributed by atoms with Crippen LogP contribution in [0.4, 0.5) is 0 Å². The number of amides is 1. The number of aliphatic hydroxyl groups excluding tert-OH is 1. The summed E-state index contributed by atoms with van der Waals surface area (Å²) in [6.45, 7) is 10.1. The molecule has 3 atom stereocenters. The standard InChI is InChI=1S/C20H31NO2/c1-14(2)12-13-18(15(3)4)20(23)21(6)16(5)19(22)17-10-8-7-9-11-17/h7-12,15-16,18-19,22H,13H2,1-6H3/t16-,18-,19+/m0/s1. The van der Waals surface area contributed by atoms with Crippen molar-refractivity contribution in [1.82, 2.24) is 4.90 Å². The number of nitrogens with zero attached hydrogens (tertiary/aromatic N) is 1. The normalized spacial score (nSPS) is 15.0. The van der Waals surface area contributed by atoms with Crippen molar-refractivity contribution in [3.63, 3.8) is 0 Å². The first-order chi connectivity index (χ1) is 10.8. The summed E-state index contributed by atoms with van der Waals surface area (Å²) in [5, 5.41) is 10.5. The molecule has 1 N–H and O–H groups in total. The van der Waals surface area contributed by atoms with E-state index in [1.807, 2.05) is 51.1 Å². The molecule has 23 heavy (non-hydrogen) atoms. The van der Waals surface area contributed by atoms with E-state index in [0.29, 0.717) is 0 Å². The smallest absolute Gasteiger partial charge is 0.226 e. The molecule has 0 aliphatic rings. The van der Waals surface area contributed by atoms with E-state index in [1.54, 1.807) is 11.9 Å². The minimum atomic E-state index is -0.679. The van der Waals surface area contributed by atoms with Gasteiger partial charge < -0.3 is 10.0 Å². The molecule has 0 aromatic heterocycles. The quantitative estimate of drug-likeness (QED) is 0.766. The lowest BCUT2D eigenvalue weighted by Crippen LogP contribution is -2.43. The van der Waals surface area contributed by atoms with E-state index in [-0.39, 0.29) is 23.8 Å². The lowest BCUT2D eigenvalue weighted by molar-refractivity contribution is -0.139. The van der Waals surface area contributed by atoms with Crippen molar-refractivity contribution in [2.75, 3.05) is 7.05 Å². The third kappa shape index (κ3) is 5.51. The van der Waals surface area contributed by atoms with Crippen molar-refractivity contribution in [3.8, 4) is 0 Å². The van der Waals surface area contributed by atoms with Crippen LogP contribution in [-0.4, -0.2) is 29.0 Å². The topological polar surface area (TPSA) is 40.5 Å². The first-order valence-corrected chi connectivity index (χ1v) is 8.38. The van der Waals surface area contributed by atoms with E-state index < -0.39 is 6.10 Å². The van der Waals surface area contributed by atoms with Gasteiger partial charge in [-0.25, -0.2) is 0 Å². The Balaban J connectivity index is 2.85. The number of hydrogen-bond donors (Lipinski definition) is 1. The molecule has 0 fully saturated rings. The largest absolute Gasteiger partial charge is 0.386 e. The highest BCUT2D eigenvalue weighted by Crippen LogP contribution is 2.25. The fourth-order valence-electron chi connectivity index (χ4n) is 2.62. The molecule has 3 nitrogen and oxygen atoms in total. The number of benzene rings is 1. The average molecular weight is 317 g/mol. The highest BCUT2D eigenvalue weighted by molar-refractivity contribution is 5.79. The number of hydrogen-bond acceptors (Lipinski definition) is 2. The Morgan fingerprint density at radius 2 is 1.74 bits per heavy atom. The summed E-state index contributed by atoms with van der Waals surface area (Å²) in [6.07, 6.45) is 2.19. The Hall–Kier alpha value is -1.61. The molecule has 0 aliphatic carbocycles. The Bertz CT molecular complexity index is 518. The van der Waals surface area contributed by atoms with E-state index in [0.717, 1.165) is 12.0 Å². The number of aliphatic hydroxyl groups is 1. The van der Waals surface area contributed by atoms with Crippen LogP contribution in [0.3, 0.4) is 0 Å². The molecule has 0 bridgehead atoms. The van der Waals surface area contributed by atoms with E-state index in [4.69, 9.17) is 0 Å². The van der Waals surface area contributed by atoms with Gasteiger partial charge in [-0.1, -0.05) is 55.8 Å². The number of allylic oxidation sites excluding steroid dienone is 2. The van der Waals surface area contributed by atoms with Crippen LogP contribution in [0.2, 0.25) is 0 Å². The van der Waals surface area contributed by atoms with Gasteiger partial charge in [-0.3, -0.25) is 4.79 Å². The summed E-state index contributed by atoms with van der Waals surface area (Å²) in [5.74, 6) is 0.307. The summed E-state index contributed by atoms with van der Waals surface area (Å²) in [7, 11) is 1.79. The van der Waals surface area contributed by atoms with Crippen molar-refractivity contribution in [1.29, 1.82) is 0 Å². The summed E-state index contributed by atoms with van der Waals surface area (Å²) < 4.78 is 0. The predicted octanol–water partition coefficient (Wildman–Crippen LogP) is 4.20. The zero-order valence-corrected chi connectivity index (χ0v) is 15.3. The second-order valence-corrected chi connectivity index (χ2v) is 6.91. The van der Waals surface area contributed by atoms with E-state index in [2.05, 4.69) is 19.9 Å². The fraction of sp³-hybridized carbons (Fsp3) is 0.550. The van der Waals surface area contributed by atoms with Gasteiger partial charge >= 0.3 is 0 Å². The minimum Gasteiger partial charge on any atom is -0.386 e. The SMILES string of the molecule is CC(C)=CC[C@H](C(=O)N(C)[C@@H](C)[C@@H](O)c1ccccc1)C(C)C. The zero-order chi connectivity index (χ0) is 17.6. The van der Waals surface area contributed by atoms with Gasteiger partial charge in [0.25, 0.3) is 0 Å². The molecular weight excluding hydrogens is 286 g/mol. The van der Waals surface area contributed by atoms with E-state index in [9.17, 15) is 9.90 Å². The van der Waals surface area contributed by atoms with Crippen molar-refractivity contribution >= 4 is 5.91 Å². The summed E-state index contributed by atoms with van der Waals surface area (Å²) >= 11 is 0. The Morgan fingerprint density at radius 3 is 2.22 bits per heavy atom. The fourth-order valence-corrected chi connectivity index (χ4v) is 2.62. The van der Waals surface area contributed by atoms with Gasteiger partial charge in [0.15, 0.2) is 0 Å². The number of rotatable bonds is 7. The first-order valence-electron chi connectivity index (χ1n) is 8.38. The molecule has 0 saturated carbocycles. The third-order valence-corrected chi connectivity index (χ3v) is 4.46. The second kappa shape index (κ2) is 8.88. The van der Waals surface area contributed by atoms with Crippen molar-refractivity contribution in [2.24, 2.45) is 11.8 Å². The van der Waals surface area contributed by atoms with Gasteiger partial charge in [-0.15, -0.1) is 0 Å². The van der Waals surface area contributed by atoms with Crippen molar-refractivity contribution < 1.29 is 9.90 Å². The van der Waals surface area contributed by atoms with Gasteiger partial charge in [0.2, 0.25) is 5.91 Å². The Labute approximate surface area is 141 Å². The van der Waals surface area contributed by atoms with Gasteiger partial charge in [0.1, 0.15) is 0 Å². The van der Waals surface area contributed by atoms with E-state index >= 15 is 0 Å². The molecule has 3 heteroatoms. The molecule has 0 spiro atoms. The maximum atomic E-state index is 12.9. The minimum absolute atomic E-state index is 0.0553. The van der Waals surface area contributed by atoms with Crippen molar-refractivity contribution in [2.45, 2.75) is 53.2 Å². The monoisotopic (exact) mass is 317 g/mol. The van der Waals surface area contributed by atoms with Crippen LogP contribution >= 0.6 is 0 Å². The molecule has 1 aromatic carbocycles. The number of carbonyl (C=O) groups excluding carboxylic acids is 1. The highest BCUT2D eigenvalue weighted by atomic mass is 16.3. The summed E-state index contributed by atoms with van der Waals surface area (Å²) in [6, 6.07) is 9.24. The van der Waals surface area contributed by atoms with Gasteiger partial charge in [0.05, 0.1) is 12.1 Å². The lowest BCUT2D eigenvalue weighted by Gasteiger charge is -2.33. The molecule has 128 valence electrons. The molecule has 0 radical (unpaired) electrons. The second-order valence-electron chi connectivity index (χ2n) is 6.91. The van der Waals surface area contributed by atoms with E-state index in [1.165, 1.54) is 5.57 Å². The maximum absolute atomic E-state index is 12.9. The first kappa shape index (κ1) is 19.4. The van der Waals surface area contributed by atoms with Crippen LogP contribution in [0, 0.1) is 11.8 Å². The van der Waals surface area contributed by atoms with Crippen LogP contribution < -0.4 is 0 Å². The predicted molar refractivity (Wildman–Crippen MR) is 96.0 cm³/mol. The third-order valence-electron chi connectivity index (χ3n) is 4.46. The number of likely N-dealkylation sites (N-methyl/N-ethyl adjacent to an activating group) is 1. The lowest BCUT2D eigenvalue weighted by atomic mass is 9.89. The molecule has 0 aliphatic heterocycles. The summed E-state index contributed by atoms with van der Waals surface area (Å²) in [5.41, 5.74) is 2.06. The molecule has 1 amide bonds. The Kier molecular flexibility index (Phi) is 7.50. The molecule has 0 saturated heterocycles. The highest BCUT2D eigenvalue weighted by Gasteiger charge is 2.30. The average Bonchev–Trinajstić information content (AvgIpc) is 2.52. The van der Waals surface area contributed by atoms with Crippen LogP contribution in [0.15, 0.2) is 42.0 Å². The molecule has 1 rings (SSSR count). The van der Waals surface area contributed by atoms with Gasteiger partial charge in [-0.2, -0.15) is 0 Å². The zero-order valence-electron chi connectivity index (χ0n) is 15.3. The summed E-state index contributed by atoms with van der Waals surface area (Å²) in [4.78, 5) is 14.6. The molecular formula is C20H31NO2. The number of carbonyl (C=O) groups is 1. The van der Waals surface area contributed by atoms with Crippen LogP contribution in [0.1, 0.15) is 52.7 Å². The molecule has 0 heterocycles. The maximum Gasteiger partial charge on any atom is 0.226 e. The van der Waals surface area contributed by atoms with Gasteiger partial charge in [-0.05, 0) is 38.7 Å².